The SMILES string of the molecule is CCNC(=NCCS(=O)C(C)(C)C)N1CCN(S(=O)(=O)CCOC(C)C)CC1. The van der Waals surface area contributed by atoms with Crippen molar-refractivity contribution < 1.29 is 17.4 Å². The van der Waals surface area contributed by atoms with Gasteiger partial charge < -0.3 is 15.0 Å². The monoisotopic (exact) mass is 438 g/mol. The molecule has 1 aliphatic rings. The second kappa shape index (κ2) is 11.5. The Balaban J connectivity index is 2.59. The average Bonchev–Trinajstić information content (AvgIpc) is 2.59. The highest BCUT2D eigenvalue weighted by molar-refractivity contribution is 7.89. The van der Waals surface area contributed by atoms with Crippen LogP contribution in [0.4, 0.5) is 0 Å². The smallest absolute Gasteiger partial charge is 0.216 e. The Bertz CT molecular complexity index is 622. The van der Waals surface area contributed by atoms with Gasteiger partial charge in [-0.2, -0.15) is 4.31 Å². The number of piperazine rings is 1. The number of hydrogen-bond acceptors (Lipinski definition) is 5. The summed E-state index contributed by atoms with van der Waals surface area (Å²) in [6.07, 6.45) is 0.0264. The second-order valence-corrected chi connectivity index (χ2v) is 12.4. The van der Waals surface area contributed by atoms with Crippen LogP contribution in [0.15, 0.2) is 4.99 Å². The predicted octanol–water partition coefficient (Wildman–Crippen LogP) is 0.872. The standard InChI is InChI=1S/C18H38N4O4S2/c1-7-19-17(20-8-14-27(23)18(4,5)6)21-9-11-22(12-10-21)28(24,25)15-13-26-16(2)3/h16H,7-15H2,1-6H3,(H,19,20). The lowest BCUT2D eigenvalue weighted by molar-refractivity contribution is 0.0904. The van der Waals surface area contributed by atoms with Gasteiger partial charge in [0.05, 0.1) is 25.0 Å². The topological polar surface area (TPSA) is 91.3 Å². The minimum atomic E-state index is -3.30. The first-order chi connectivity index (χ1) is 13.0. The molecule has 0 aromatic heterocycles. The van der Waals surface area contributed by atoms with E-state index in [4.69, 9.17) is 4.74 Å². The van der Waals surface area contributed by atoms with Crippen LogP contribution in [0, 0.1) is 0 Å². The van der Waals surface area contributed by atoms with E-state index in [2.05, 4.69) is 15.2 Å². The van der Waals surface area contributed by atoms with Crippen molar-refractivity contribution in [1.29, 1.82) is 0 Å². The molecular weight excluding hydrogens is 400 g/mol. The molecule has 0 spiro atoms. The average molecular weight is 439 g/mol. The quantitative estimate of drug-likeness (QED) is 0.424. The first kappa shape index (κ1) is 25.3. The Kier molecular flexibility index (Phi) is 10.4. The van der Waals surface area contributed by atoms with Crippen LogP contribution in [-0.4, -0.2) is 96.0 Å². The summed E-state index contributed by atoms with van der Waals surface area (Å²) in [6.45, 7) is 15.1. The van der Waals surface area contributed by atoms with Crippen LogP contribution in [0.3, 0.4) is 0 Å². The molecule has 1 N–H and O–H groups in total. The summed E-state index contributed by atoms with van der Waals surface area (Å²) in [5.41, 5.74) is 0. The van der Waals surface area contributed by atoms with Crippen molar-refractivity contribution >= 4 is 26.8 Å². The van der Waals surface area contributed by atoms with Gasteiger partial charge in [-0.3, -0.25) is 9.20 Å². The number of aliphatic imine (C=N–C) groups is 1. The van der Waals surface area contributed by atoms with E-state index in [1.807, 2.05) is 41.5 Å². The normalized spacial score (nSPS) is 18.5. The number of ether oxygens (including phenoxy) is 1. The molecule has 0 radical (unpaired) electrons. The summed E-state index contributed by atoms with van der Waals surface area (Å²) in [5.74, 6) is 1.29. The maximum absolute atomic E-state index is 12.5. The molecule has 28 heavy (non-hydrogen) atoms. The van der Waals surface area contributed by atoms with Gasteiger partial charge in [0.15, 0.2) is 5.96 Å². The van der Waals surface area contributed by atoms with E-state index < -0.39 is 20.8 Å². The second-order valence-electron chi connectivity index (χ2n) is 8.02. The molecule has 0 amide bonds. The van der Waals surface area contributed by atoms with Gasteiger partial charge in [-0.15, -0.1) is 0 Å². The molecule has 0 aromatic rings. The van der Waals surface area contributed by atoms with Crippen molar-refractivity contribution in [3.05, 3.63) is 0 Å². The van der Waals surface area contributed by atoms with E-state index in [1.165, 1.54) is 4.31 Å². The van der Waals surface area contributed by atoms with Gasteiger partial charge in [0.1, 0.15) is 0 Å². The maximum atomic E-state index is 12.5. The van der Waals surface area contributed by atoms with Crippen LogP contribution in [0.2, 0.25) is 0 Å². The van der Waals surface area contributed by atoms with E-state index in [1.54, 1.807) is 0 Å². The molecule has 10 heteroatoms. The van der Waals surface area contributed by atoms with Gasteiger partial charge in [0.25, 0.3) is 0 Å². The fourth-order valence-electron chi connectivity index (χ4n) is 2.66. The van der Waals surface area contributed by atoms with Crippen molar-refractivity contribution in [3.8, 4) is 0 Å². The van der Waals surface area contributed by atoms with E-state index >= 15 is 0 Å². The molecule has 1 rings (SSSR count). The first-order valence-electron chi connectivity index (χ1n) is 9.98. The molecule has 0 saturated carbocycles. The number of rotatable bonds is 9. The summed E-state index contributed by atoms with van der Waals surface area (Å²) < 4.78 is 43.8. The zero-order valence-electron chi connectivity index (χ0n) is 18.2. The van der Waals surface area contributed by atoms with E-state index in [0.717, 1.165) is 12.5 Å². The highest BCUT2D eigenvalue weighted by Crippen LogP contribution is 2.12. The number of guanidine groups is 1. The lowest BCUT2D eigenvalue weighted by Crippen LogP contribution is -2.54. The zero-order chi connectivity index (χ0) is 21.4. The summed E-state index contributed by atoms with van der Waals surface area (Å²) in [5, 5.41) is 3.25. The molecule has 0 aliphatic carbocycles. The van der Waals surface area contributed by atoms with Crippen LogP contribution >= 0.6 is 0 Å². The van der Waals surface area contributed by atoms with E-state index in [0.29, 0.717) is 38.5 Å². The first-order valence-corrected chi connectivity index (χ1v) is 12.9. The molecule has 1 aliphatic heterocycles. The van der Waals surface area contributed by atoms with Crippen molar-refractivity contribution in [2.24, 2.45) is 4.99 Å². The highest BCUT2D eigenvalue weighted by atomic mass is 32.2. The number of nitrogens with one attached hydrogen (secondary N) is 1. The van der Waals surface area contributed by atoms with Crippen molar-refractivity contribution in [3.63, 3.8) is 0 Å². The van der Waals surface area contributed by atoms with Gasteiger partial charge in [0.2, 0.25) is 10.0 Å². The largest absolute Gasteiger partial charge is 0.378 e. The minimum absolute atomic E-state index is 0.0119. The van der Waals surface area contributed by atoms with Gasteiger partial charge >= 0.3 is 0 Å². The minimum Gasteiger partial charge on any atom is -0.378 e. The summed E-state index contributed by atoms with van der Waals surface area (Å²) in [7, 11) is -4.24. The molecule has 1 fully saturated rings. The van der Waals surface area contributed by atoms with Crippen molar-refractivity contribution in [1.82, 2.24) is 14.5 Å². The van der Waals surface area contributed by atoms with Crippen LogP contribution < -0.4 is 5.32 Å². The molecule has 1 saturated heterocycles. The molecule has 1 unspecified atom stereocenters. The zero-order valence-corrected chi connectivity index (χ0v) is 19.9. The van der Waals surface area contributed by atoms with Gasteiger partial charge in [-0.25, -0.2) is 8.42 Å². The molecule has 1 atom stereocenters. The molecule has 8 nitrogen and oxygen atoms in total. The third kappa shape index (κ3) is 8.75. The van der Waals surface area contributed by atoms with Crippen LogP contribution in [-0.2, 0) is 25.6 Å². The van der Waals surface area contributed by atoms with Crippen molar-refractivity contribution in [2.45, 2.75) is 52.4 Å². The van der Waals surface area contributed by atoms with E-state index in [9.17, 15) is 12.6 Å². The molecule has 0 bridgehead atoms. The number of sulfonamides is 1. The Morgan fingerprint density at radius 2 is 1.82 bits per heavy atom. The predicted molar refractivity (Wildman–Crippen MR) is 117 cm³/mol. The summed E-state index contributed by atoms with van der Waals surface area (Å²) in [4.78, 5) is 6.67. The lowest BCUT2D eigenvalue weighted by atomic mass is 10.3. The number of nitrogens with zero attached hydrogens (tertiary/aromatic N) is 3. The van der Waals surface area contributed by atoms with Gasteiger partial charge in [0, 0.05) is 54.0 Å². The molecule has 166 valence electrons. The Labute approximate surface area is 173 Å². The van der Waals surface area contributed by atoms with Crippen molar-refractivity contribution in [2.75, 3.05) is 57.4 Å². The third-order valence-electron chi connectivity index (χ3n) is 4.28. The molecular formula is C18H38N4O4S2. The summed E-state index contributed by atoms with van der Waals surface area (Å²) >= 11 is 0. The summed E-state index contributed by atoms with van der Waals surface area (Å²) in [6, 6.07) is 0. The Morgan fingerprint density at radius 3 is 2.32 bits per heavy atom. The van der Waals surface area contributed by atoms with Crippen LogP contribution in [0.5, 0.6) is 0 Å². The highest BCUT2D eigenvalue weighted by Gasteiger charge is 2.28. The molecule has 0 aromatic carbocycles. The van der Waals surface area contributed by atoms with Crippen LogP contribution in [0.25, 0.3) is 0 Å². The Hall–Kier alpha value is -0.710. The van der Waals surface area contributed by atoms with Crippen LogP contribution in [0.1, 0.15) is 41.5 Å². The fourth-order valence-corrected chi connectivity index (χ4v) is 4.82. The van der Waals surface area contributed by atoms with E-state index in [-0.39, 0.29) is 23.2 Å². The maximum Gasteiger partial charge on any atom is 0.216 e. The Morgan fingerprint density at radius 1 is 1.21 bits per heavy atom. The van der Waals surface area contributed by atoms with Gasteiger partial charge in [-0.1, -0.05) is 0 Å². The van der Waals surface area contributed by atoms with Gasteiger partial charge in [-0.05, 0) is 41.5 Å². The third-order valence-corrected chi connectivity index (χ3v) is 8.03. The fraction of sp³-hybridized carbons (Fsp3) is 0.944. The number of hydrogen-bond donors (Lipinski definition) is 1. The molecule has 1 heterocycles. The lowest BCUT2D eigenvalue weighted by Gasteiger charge is -2.36.